The second-order valence-corrected chi connectivity index (χ2v) is 7.15. The van der Waals surface area contributed by atoms with E-state index in [1.165, 1.54) is 5.56 Å². The molecule has 0 saturated heterocycles. The molecule has 0 aliphatic heterocycles. The molecule has 0 aromatic heterocycles. The fraction of sp³-hybridized carbons (Fsp3) is 0.333. The Morgan fingerprint density at radius 1 is 1.00 bits per heavy atom. The number of nitrogens with one attached hydrogen (secondary N) is 1. The fourth-order valence-electron chi connectivity index (χ4n) is 2.58. The Hall–Kier alpha value is -2.33. The van der Waals surface area contributed by atoms with Crippen LogP contribution in [0.4, 0.5) is 0 Å². The molecule has 5 heteroatoms. The van der Waals surface area contributed by atoms with Gasteiger partial charge in [-0.2, -0.15) is 0 Å². The van der Waals surface area contributed by atoms with Crippen molar-refractivity contribution in [3.8, 4) is 0 Å². The summed E-state index contributed by atoms with van der Waals surface area (Å²) in [6, 6.07) is 14.4. The van der Waals surface area contributed by atoms with Gasteiger partial charge in [-0.1, -0.05) is 49.7 Å². The first-order chi connectivity index (χ1) is 12.3. The number of esters is 1. The first-order valence-corrected chi connectivity index (χ1v) is 9.04. The number of rotatable bonds is 7. The van der Waals surface area contributed by atoms with Crippen LogP contribution < -0.4 is 5.32 Å². The molecule has 26 heavy (non-hydrogen) atoms. The van der Waals surface area contributed by atoms with Crippen LogP contribution in [0, 0.1) is 5.92 Å². The average Bonchev–Trinajstić information content (AvgIpc) is 2.60. The van der Waals surface area contributed by atoms with Crippen molar-refractivity contribution in [3.63, 3.8) is 0 Å². The summed E-state index contributed by atoms with van der Waals surface area (Å²) in [7, 11) is 0. The van der Waals surface area contributed by atoms with Gasteiger partial charge in [0.25, 0.3) is 5.91 Å². The maximum absolute atomic E-state index is 12.0. The number of hydrogen-bond acceptors (Lipinski definition) is 3. The molecule has 1 N–H and O–H groups in total. The Balaban J connectivity index is 1.83. The Bertz CT molecular complexity index is 739. The molecular weight excluding hydrogens is 350 g/mol. The minimum absolute atomic E-state index is 0.162. The van der Waals surface area contributed by atoms with E-state index in [-0.39, 0.29) is 18.6 Å². The van der Waals surface area contributed by atoms with Crippen molar-refractivity contribution in [2.45, 2.75) is 33.2 Å². The van der Waals surface area contributed by atoms with Crippen LogP contribution >= 0.6 is 11.6 Å². The summed E-state index contributed by atoms with van der Waals surface area (Å²) in [6.45, 7) is 5.94. The number of halogens is 1. The van der Waals surface area contributed by atoms with E-state index in [2.05, 4.69) is 31.3 Å². The van der Waals surface area contributed by atoms with Gasteiger partial charge in [-0.05, 0) is 54.7 Å². The van der Waals surface area contributed by atoms with Gasteiger partial charge in [0.2, 0.25) is 0 Å². The highest BCUT2D eigenvalue weighted by atomic mass is 35.5. The van der Waals surface area contributed by atoms with E-state index in [4.69, 9.17) is 16.3 Å². The lowest BCUT2D eigenvalue weighted by molar-refractivity contribution is -0.124. The summed E-state index contributed by atoms with van der Waals surface area (Å²) in [5.74, 6) is -0.290. The average molecular weight is 374 g/mol. The van der Waals surface area contributed by atoms with Crippen molar-refractivity contribution in [1.29, 1.82) is 0 Å². The largest absolute Gasteiger partial charge is 0.452 e. The maximum Gasteiger partial charge on any atom is 0.338 e. The summed E-state index contributed by atoms with van der Waals surface area (Å²) in [4.78, 5) is 23.9. The van der Waals surface area contributed by atoms with Gasteiger partial charge in [0.1, 0.15) is 0 Å². The SMILES string of the molecule is CC(C)Cc1ccc([C@H](C)NC(=O)COC(=O)c2ccc(Cl)cc2)cc1. The van der Waals surface area contributed by atoms with Crippen LogP contribution in [0.3, 0.4) is 0 Å². The summed E-state index contributed by atoms with van der Waals surface area (Å²) in [5.41, 5.74) is 2.64. The van der Waals surface area contributed by atoms with E-state index >= 15 is 0 Å². The molecular formula is C21H24ClNO3. The van der Waals surface area contributed by atoms with Crippen LogP contribution in [0.2, 0.25) is 5.02 Å². The molecule has 1 atom stereocenters. The molecule has 2 rings (SSSR count). The van der Waals surface area contributed by atoms with Gasteiger partial charge in [-0.3, -0.25) is 4.79 Å². The number of carbonyl (C=O) groups excluding carboxylic acids is 2. The summed E-state index contributed by atoms with van der Waals surface area (Å²) < 4.78 is 5.04. The number of carbonyl (C=O) groups is 2. The molecule has 0 saturated carbocycles. The predicted molar refractivity (Wildman–Crippen MR) is 103 cm³/mol. The minimum Gasteiger partial charge on any atom is -0.452 e. The summed E-state index contributed by atoms with van der Waals surface area (Å²) in [6.07, 6.45) is 1.03. The second-order valence-electron chi connectivity index (χ2n) is 6.71. The maximum atomic E-state index is 12.0. The van der Waals surface area contributed by atoms with Crippen LogP contribution in [0.5, 0.6) is 0 Å². The third-order valence-electron chi connectivity index (χ3n) is 3.92. The first-order valence-electron chi connectivity index (χ1n) is 8.66. The molecule has 2 aromatic carbocycles. The molecule has 0 fully saturated rings. The minimum atomic E-state index is -0.553. The van der Waals surface area contributed by atoms with Crippen LogP contribution in [0.15, 0.2) is 48.5 Å². The van der Waals surface area contributed by atoms with Gasteiger partial charge in [-0.25, -0.2) is 4.79 Å². The lowest BCUT2D eigenvalue weighted by atomic mass is 10.00. The van der Waals surface area contributed by atoms with Crippen molar-refractivity contribution in [1.82, 2.24) is 5.32 Å². The zero-order valence-electron chi connectivity index (χ0n) is 15.3. The molecule has 0 radical (unpaired) electrons. The monoisotopic (exact) mass is 373 g/mol. The number of hydrogen-bond donors (Lipinski definition) is 1. The van der Waals surface area contributed by atoms with E-state index in [0.717, 1.165) is 12.0 Å². The summed E-state index contributed by atoms with van der Waals surface area (Å²) in [5, 5.41) is 3.37. The van der Waals surface area contributed by atoms with Crippen molar-refractivity contribution in [2.24, 2.45) is 5.92 Å². The summed E-state index contributed by atoms with van der Waals surface area (Å²) >= 11 is 5.78. The van der Waals surface area contributed by atoms with Gasteiger partial charge >= 0.3 is 5.97 Å². The van der Waals surface area contributed by atoms with E-state index in [1.54, 1.807) is 24.3 Å². The Morgan fingerprint density at radius 2 is 1.62 bits per heavy atom. The molecule has 0 unspecified atom stereocenters. The molecule has 0 aliphatic carbocycles. The molecule has 0 spiro atoms. The van der Waals surface area contributed by atoms with E-state index in [0.29, 0.717) is 16.5 Å². The van der Waals surface area contributed by atoms with Crippen LogP contribution in [-0.4, -0.2) is 18.5 Å². The quantitative estimate of drug-likeness (QED) is 0.723. The smallest absolute Gasteiger partial charge is 0.338 e. The second kappa shape index (κ2) is 9.39. The van der Waals surface area contributed by atoms with Crippen LogP contribution in [0.1, 0.15) is 48.3 Å². The molecule has 0 bridgehead atoms. The molecule has 2 aromatic rings. The lowest BCUT2D eigenvalue weighted by Crippen LogP contribution is -2.31. The lowest BCUT2D eigenvalue weighted by Gasteiger charge is -2.15. The van der Waals surface area contributed by atoms with Gasteiger partial charge in [0, 0.05) is 5.02 Å². The molecule has 0 heterocycles. The molecule has 1 amide bonds. The number of ether oxygens (including phenoxy) is 1. The normalized spacial score (nSPS) is 11.9. The standard InChI is InChI=1S/C21H24ClNO3/c1-14(2)12-16-4-6-17(7-5-16)15(3)23-20(24)13-26-21(25)18-8-10-19(22)11-9-18/h4-11,14-15H,12-13H2,1-3H3,(H,23,24)/t15-/m0/s1. The van der Waals surface area contributed by atoms with Crippen LogP contribution in [0.25, 0.3) is 0 Å². The highest BCUT2D eigenvalue weighted by molar-refractivity contribution is 6.30. The van der Waals surface area contributed by atoms with Crippen molar-refractivity contribution in [2.75, 3.05) is 6.61 Å². The topological polar surface area (TPSA) is 55.4 Å². The zero-order chi connectivity index (χ0) is 19.1. The van der Waals surface area contributed by atoms with E-state index in [1.807, 2.05) is 19.1 Å². The Kier molecular flexibility index (Phi) is 7.22. The Morgan fingerprint density at radius 3 is 2.19 bits per heavy atom. The Labute approximate surface area is 159 Å². The number of amides is 1. The highest BCUT2D eigenvalue weighted by Crippen LogP contribution is 2.15. The number of benzene rings is 2. The fourth-order valence-corrected chi connectivity index (χ4v) is 2.71. The van der Waals surface area contributed by atoms with Gasteiger partial charge in [0.15, 0.2) is 6.61 Å². The third kappa shape index (κ3) is 6.19. The van der Waals surface area contributed by atoms with Crippen molar-refractivity contribution >= 4 is 23.5 Å². The van der Waals surface area contributed by atoms with Gasteiger partial charge < -0.3 is 10.1 Å². The van der Waals surface area contributed by atoms with Crippen molar-refractivity contribution in [3.05, 3.63) is 70.2 Å². The van der Waals surface area contributed by atoms with Crippen LogP contribution in [-0.2, 0) is 16.0 Å². The molecule has 4 nitrogen and oxygen atoms in total. The highest BCUT2D eigenvalue weighted by Gasteiger charge is 2.13. The van der Waals surface area contributed by atoms with Gasteiger partial charge in [-0.15, -0.1) is 0 Å². The van der Waals surface area contributed by atoms with Crippen molar-refractivity contribution < 1.29 is 14.3 Å². The molecule has 138 valence electrons. The predicted octanol–water partition coefficient (Wildman–Crippen LogP) is 4.57. The third-order valence-corrected chi connectivity index (χ3v) is 4.17. The molecule has 0 aliphatic rings. The van der Waals surface area contributed by atoms with Gasteiger partial charge in [0.05, 0.1) is 11.6 Å². The first kappa shape index (κ1) is 20.0. The zero-order valence-corrected chi connectivity index (χ0v) is 16.0. The van der Waals surface area contributed by atoms with E-state index < -0.39 is 5.97 Å². The van der Waals surface area contributed by atoms with E-state index in [9.17, 15) is 9.59 Å².